The fourth-order valence-corrected chi connectivity index (χ4v) is 5.70. The maximum absolute atomic E-state index is 13.0. The lowest BCUT2D eigenvalue weighted by atomic mass is 10.1. The second-order valence-corrected chi connectivity index (χ2v) is 10.2. The Morgan fingerprint density at radius 2 is 1.48 bits per heavy atom. The predicted molar refractivity (Wildman–Crippen MR) is 120 cm³/mol. The van der Waals surface area contributed by atoms with Gasteiger partial charge in [0.1, 0.15) is 6.04 Å². The zero-order valence-corrected chi connectivity index (χ0v) is 19.3. The molecule has 1 fully saturated rings. The number of imide groups is 1. The minimum Gasteiger partial charge on any atom is -0.373 e. The van der Waals surface area contributed by atoms with Gasteiger partial charge in [-0.15, -0.1) is 0 Å². The van der Waals surface area contributed by atoms with Crippen molar-refractivity contribution in [2.45, 2.75) is 43.9 Å². The van der Waals surface area contributed by atoms with Gasteiger partial charge in [-0.05, 0) is 57.2 Å². The number of ether oxygens (including phenoxy) is 1. The topological polar surface area (TPSA) is 113 Å². The fourth-order valence-electron chi connectivity index (χ4n) is 4.11. The van der Waals surface area contributed by atoms with E-state index in [4.69, 9.17) is 4.74 Å². The van der Waals surface area contributed by atoms with E-state index in [9.17, 15) is 22.8 Å². The number of benzene rings is 2. The number of rotatable bonds is 5. The number of nitrogens with one attached hydrogen (secondary N) is 1. The molecule has 0 bridgehead atoms. The SMILES string of the molecule is C[C@@H]1CN(S(=O)(=O)c2ccc(NC(=O)[C@H](C)N3C(=O)c4ccccc4C3=O)cc2)C[C@@H](C)O1. The van der Waals surface area contributed by atoms with Gasteiger partial charge in [0.05, 0.1) is 28.2 Å². The van der Waals surface area contributed by atoms with Gasteiger partial charge in [0.25, 0.3) is 11.8 Å². The summed E-state index contributed by atoms with van der Waals surface area (Å²) in [6.07, 6.45) is -0.406. The molecule has 33 heavy (non-hydrogen) atoms. The number of hydrogen-bond acceptors (Lipinski definition) is 6. The summed E-state index contributed by atoms with van der Waals surface area (Å²) >= 11 is 0. The molecule has 0 unspecified atom stereocenters. The van der Waals surface area contributed by atoms with Crippen molar-refractivity contribution in [2.24, 2.45) is 0 Å². The van der Waals surface area contributed by atoms with Crippen LogP contribution in [-0.4, -0.2) is 66.7 Å². The van der Waals surface area contributed by atoms with Crippen LogP contribution >= 0.6 is 0 Å². The summed E-state index contributed by atoms with van der Waals surface area (Å²) < 4.78 is 32.9. The van der Waals surface area contributed by atoms with Crippen LogP contribution in [0.4, 0.5) is 5.69 Å². The number of sulfonamides is 1. The molecule has 2 heterocycles. The molecule has 2 aromatic carbocycles. The second-order valence-electron chi connectivity index (χ2n) is 8.29. The van der Waals surface area contributed by atoms with E-state index in [2.05, 4.69) is 5.32 Å². The molecule has 0 radical (unpaired) electrons. The Labute approximate surface area is 192 Å². The molecular weight excluding hydrogens is 446 g/mol. The highest BCUT2D eigenvalue weighted by molar-refractivity contribution is 7.89. The van der Waals surface area contributed by atoms with Crippen LogP contribution in [0.1, 0.15) is 41.5 Å². The molecule has 3 atom stereocenters. The summed E-state index contributed by atoms with van der Waals surface area (Å²) in [7, 11) is -3.70. The number of amides is 3. The molecule has 174 valence electrons. The first-order valence-electron chi connectivity index (χ1n) is 10.6. The Balaban J connectivity index is 1.45. The maximum Gasteiger partial charge on any atom is 0.262 e. The average molecular weight is 472 g/mol. The first kappa shape index (κ1) is 23.1. The van der Waals surface area contributed by atoms with Gasteiger partial charge in [0, 0.05) is 18.8 Å². The normalized spacial score (nSPS) is 22.2. The van der Waals surface area contributed by atoms with Crippen LogP contribution in [0, 0.1) is 0 Å². The quantitative estimate of drug-likeness (QED) is 0.669. The first-order chi connectivity index (χ1) is 15.6. The Kier molecular flexibility index (Phi) is 6.08. The largest absolute Gasteiger partial charge is 0.373 e. The molecule has 1 N–H and O–H groups in total. The van der Waals surface area contributed by atoms with Crippen LogP contribution in [-0.2, 0) is 19.6 Å². The molecule has 9 nitrogen and oxygen atoms in total. The highest BCUT2D eigenvalue weighted by atomic mass is 32.2. The molecule has 2 aromatic rings. The van der Waals surface area contributed by atoms with Gasteiger partial charge >= 0.3 is 0 Å². The number of carbonyl (C=O) groups is 3. The van der Waals surface area contributed by atoms with E-state index >= 15 is 0 Å². The first-order valence-corrected chi connectivity index (χ1v) is 12.1. The summed E-state index contributed by atoms with van der Waals surface area (Å²) in [4.78, 5) is 39.0. The Morgan fingerprint density at radius 3 is 2.00 bits per heavy atom. The molecule has 0 saturated carbocycles. The van der Waals surface area contributed by atoms with Crippen molar-refractivity contribution in [1.82, 2.24) is 9.21 Å². The van der Waals surface area contributed by atoms with E-state index in [1.807, 2.05) is 13.8 Å². The highest BCUT2D eigenvalue weighted by Crippen LogP contribution is 2.26. The number of anilines is 1. The Bertz CT molecular complexity index is 1170. The van der Waals surface area contributed by atoms with Gasteiger partial charge in [-0.3, -0.25) is 19.3 Å². The number of nitrogens with zero attached hydrogens (tertiary/aromatic N) is 2. The number of morpholine rings is 1. The van der Waals surface area contributed by atoms with E-state index in [1.54, 1.807) is 24.3 Å². The van der Waals surface area contributed by atoms with E-state index < -0.39 is 33.8 Å². The van der Waals surface area contributed by atoms with Gasteiger partial charge in [-0.2, -0.15) is 4.31 Å². The van der Waals surface area contributed by atoms with E-state index in [-0.39, 0.29) is 41.3 Å². The van der Waals surface area contributed by atoms with Crippen molar-refractivity contribution in [3.8, 4) is 0 Å². The van der Waals surface area contributed by atoms with Crippen LogP contribution in [0.5, 0.6) is 0 Å². The molecule has 0 aromatic heterocycles. The third kappa shape index (κ3) is 4.29. The lowest BCUT2D eigenvalue weighted by Gasteiger charge is -2.34. The Hall–Kier alpha value is -3.08. The van der Waals surface area contributed by atoms with Crippen LogP contribution in [0.2, 0.25) is 0 Å². The molecule has 1 saturated heterocycles. The van der Waals surface area contributed by atoms with Crippen LogP contribution in [0.3, 0.4) is 0 Å². The van der Waals surface area contributed by atoms with E-state index in [0.29, 0.717) is 5.69 Å². The number of carbonyl (C=O) groups excluding carboxylic acids is 3. The zero-order valence-electron chi connectivity index (χ0n) is 18.5. The van der Waals surface area contributed by atoms with Gasteiger partial charge in [0.15, 0.2) is 0 Å². The average Bonchev–Trinajstić information content (AvgIpc) is 3.03. The molecular formula is C23H25N3O6S. The van der Waals surface area contributed by atoms with Gasteiger partial charge < -0.3 is 10.1 Å². The predicted octanol–water partition coefficient (Wildman–Crippen LogP) is 2.11. The van der Waals surface area contributed by atoms with Crippen molar-refractivity contribution in [3.63, 3.8) is 0 Å². The van der Waals surface area contributed by atoms with E-state index in [0.717, 1.165) is 4.90 Å². The van der Waals surface area contributed by atoms with Crippen molar-refractivity contribution in [1.29, 1.82) is 0 Å². The van der Waals surface area contributed by atoms with Gasteiger partial charge in [0.2, 0.25) is 15.9 Å². The smallest absolute Gasteiger partial charge is 0.262 e. The summed E-state index contributed by atoms with van der Waals surface area (Å²) in [5.74, 6) is -1.60. The van der Waals surface area contributed by atoms with Crippen LogP contribution in [0.15, 0.2) is 53.4 Å². The second kappa shape index (κ2) is 8.69. The zero-order chi connectivity index (χ0) is 23.9. The summed E-state index contributed by atoms with van der Waals surface area (Å²) in [6, 6.07) is 11.2. The third-order valence-corrected chi connectivity index (χ3v) is 7.58. The van der Waals surface area contributed by atoms with Gasteiger partial charge in [-0.1, -0.05) is 12.1 Å². The monoisotopic (exact) mass is 471 g/mol. The minimum absolute atomic E-state index is 0.107. The summed E-state index contributed by atoms with van der Waals surface area (Å²) in [6.45, 7) is 5.65. The summed E-state index contributed by atoms with van der Waals surface area (Å²) in [5, 5.41) is 2.65. The maximum atomic E-state index is 13.0. The van der Waals surface area contributed by atoms with Crippen molar-refractivity contribution >= 4 is 33.4 Å². The number of fused-ring (bicyclic) bond motifs is 1. The number of hydrogen-bond donors (Lipinski definition) is 1. The summed E-state index contributed by atoms with van der Waals surface area (Å²) in [5.41, 5.74) is 0.887. The molecule has 0 aliphatic carbocycles. The lowest BCUT2D eigenvalue weighted by Crippen LogP contribution is -2.48. The minimum atomic E-state index is -3.70. The third-order valence-electron chi connectivity index (χ3n) is 5.74. The van der Waals surface area contributed by atoms with E-state index in [1.165, 1.54) is 35.5 Å². The molecule has 2 aliphatic heterocycles. The molecule has 10 heteroatoms. The van der Waals surface area contributed by atoms with Gasteiger partial charge in [-0.25, -0.2) is 8.42 Å². The van der Waals surface area contributed by atoms with Crippen molar-refractivity contribution in [3.05, 3.63) is 59.7 Å². The molecule has 3 amide bonds. The lowest BCUT2D eigenvalue weighted by molar-refractivity contribution is -0.119. The molecule has 2 aliphatic rings. The standard InChI is InChI=1S/C23H25N3O6S/c1-14-12-25(13-15(2)32-14)33(30,31)18-10-8-17(9-11-18)24-21(27)16(3)26-22(28)19-6-4-5-7-20(19)23(26)29/h4-11,14-16H,12-13H2,1-3H3,(H,24,27)/t14-,15-,16+/m1/s1. The van der Waals surface area contributed by atoms with Crippen molar-refractivity contribution < 1.29 is 27.5 Å². The fraction of sp³-hybridized carbons (Fsp3) is 0.348. The van der Waals surface area contributed by atoms with Crippen LogP contribution in [0.25, 0.3) is 0 Å². The van der Waals surface area contributed by atoms with Crippen LogP contribution < -0.4 is 5.32 Å². The van der Waals surface area contributed by atoms with Crippen molar-refractivity contribution in [2.75, 3.05) is 18.4 Å². The molecule has 0 spiro atoms. The Morgan fingerprint density at radius 1 is 0.970 bits per heavy atom. The highest BCUT2D eigenvalue weighted by Gasteiger charge is 2.40. The molecule has 4 rings (SSSR count).